The van der Waals surface area contributed by atoms with E-state index < -0.39 is 0 Å². The van der Waals surface area contributed by atoms with Gasteiger partial charge in [0.15, 0.2) is 0 Å². The molecule has 0 spiro atoms. The molecule has 0 aromatic rings. The predicted octanol–water partition coefficient (Wildman–Crippen LogP) is 2.09. The van der Waals surface area contributed by atoms with Gasteiger partial charge < -0.3 is 5.32 Å². The van der Waals surface area contributed by atoms with Crippen molar-refractivity contribution in [3.05, 3.63) is 0 Å². The first-order valence-electron chi connectivity index (χ1n) is 4.78. The zero-order chi connectivity index (χ0) is 9.41. The molecule has 0 saturated carbocycles. The summed E-state index contributed by atoms with van der Waals surface area (Å²) in [6.07, 6.45) is 2.86. The lowest BCUT2D eigenvalue weighted by Gasteiger charge is -2.38. The van der Waals surface area contributed by atoms with Gasteiger partial charge in [0, 0.05) is 17.4 Å². The van der Waals surface area contributed by atoms with Gasteiger partial charge in [0.25, 0.3) is 0 Å². The Morgan fingerprint density at radius 1 is 1.33 bits per heavy atom. The first-order chi connectivity index (χ1) is 5.47. The van der Waals surface area contributed by atoms with Gasteiger partial charge in [-0.25, -0.2) is 0 Å². The first-order valence-corrected chi connectivity index (χ1v) is 4.78. The average Bonchev–Trinajstić information content (AvgIpc) is 2.20. The maximum atomic E-state index is 11.3. The van der Waals surface area contributed by atoms with Crippen molar-refractivity contribution >= 4 is 5.91 Å². The molecule has 1 N–H and O–H groups in total. The van der Waals surface area contributed by atoms with Crippen molar-refractivity contribution in [1.82, 2.24) is 5.32 Å². The van der Waals surface area contributed by atoms with Crippen LogP contribution in [0.2, 0.25) is 0 Å². The predicted molar refractivity (Wildman–Crippen MR) is 49.9 cm³/mol. The van der Waals surface area contributed by atoms with Gasteiger partial charge in [-0.1, -0.05) is 13.8 Å². The summed E-state index contributed by atoms with van der Waals surface area (Å²) in [5, 5.41) is 3.05. The quantitative estimate of drug-likeness (QED) is 0.673. The summed E-state index contributed by atoms with van der Waals surface area (Å²) in [6, 6.07) is 0. The Kier molecular flexibility index (Phi) is 2.19. The molecule has 0 atom stereocenters. The van der Waals surface area contributed by atoms with Gasteiger partial charge in [0.05, 0.1) is 0 Å². The Bertz CT molecular complexity index is 192. The van der Waals surface area contributed by atoms with Crippen LogP contribution in [-0.4, -0.2) is 11.4 Å². The Labute approximate surface area is 74.7 Å². The summed E-state index contributed by atoms with van der Waals surface area (Å²) in [4.78, 5) is 11.3. The third-order valence-electron chi connectivity index (χ3n) is 3.63. The third kappa shape index (κ3) is 1.13. The minimum absolute atomic E-state index is 0.0203. The van der Waals surface area contributed by atoms with Gasteiger partial charge >= 0.3 is 0 Å². The van der Waals surface area contributed by atoms with Crippen LogP contribution in [-0.2, 0) is 4.79 Å². The number of rotatable bonds is 2. The van der Waals surface area contributed by atoms with Crippen LogP contribution >= 0.6 is 0 Å². The SMILES string of the molecule is CCC1(CC)CC(=O)NC1(C)C. The Morgan fingerprint density at radius 3 is 2.00 bits per heavy atom. The fourth-order valence-electron chi connectivity index (χ4n) is 2.44. The molecule has 1 aliphatic heterocycles. The molecular formula is C10H19NO. The number of hydrogen-bond acceptors (Lipinski definition) is 1. The van der Waals surface area contributed by atoms with Crippen LogP contribution in [0, 0.1) is 5.41 Å². The maximum Gasteiger partial charge on any atom is 0.221 e. The Hall–Kier alpha value is -0.530. The van der Waals surface area contributed by atoms with E-state index in [1.165, 1.54) is 0 Å². The molecule has 1 fully saturated rings. The molecule has 0 aliphatic carbocycles. The number of hydrogen-bond donors (Lipinski definition) is 1. The van der Waals surface area contributed by atoms with E-state index >= 15 is 0 Å². The monoisotopic (exact) mass is 169 g/mol. The fourth-order valence-corrected chi connectivity index (χ4v) is 2.44. The molecule has 2 heteroatoms. The molecule has 0 unspecified atom stereocenters. The van der Waals surface area contributed by atoms with Crippen molar-refractivity contribution < 1.29 is 4.79 Å². The number of carbonyl (C=O) groups is 1. The number of amides is 1. The summed E-state index contributed by atoms with van der Waals surface area (Å²) in [6.45, 7) is 8.60. The molecule has 1 rings (SSSR count). The zero-order valence-corrected chi connectivity index (χ0v) is 8.53. The minimum Gasteiger partial charge on any atom is -0.351 e. The van der Waals surface area contributed by atoms with Crippen LogP contribution in [0.3, 0.4) is 0 Å². The molecule has 0 bridgehead atoms. The van der Waals surface area contributed by atoms with Crippen LogP contribution in [0.25, 0.3) is 0 Å². The van der Waals surface area contributed by atoms with E-state index in [0.29, 0.717) is 6.42 Å². The van der Waals surface area contributed by atoms with Crippen molar-refractivity contribution in [1.29, 1.82) is 0 Å². The van der Waals surface area contributed by atoms with E-state index in [9.17, 15) is 4.79 Å². The highest BCUT2D eigenvalue weighted by molar-refractivity contribution is 5.80. The lowest BCUT2D eigenvalue weighted by Crippen LogP contribution is -2.46. The molecule has 0 aromatic carbocycles. The molecule has 1 amide bonds. The highest BCUT2D eigenvalue weighted by Gasteiger charge is 2.49. The number of nitrogens with one attached hydrogen (secondary N) is 1. The molecule has 70 valence electrons. The van der Waals surface area contributed by atoms with E-state index in [-0.39, 0.29) is 16.9 Å². The molecule has 1 heterocycles. The molecule has 1 aliphatic rings. The highest BCUT2D eigenvalue weighted by atomic mass is 16.2. The molecule has 0 radical (unpaired) electrons. The van der Waals surface area contributed by atoms with Gasteiger partial charge in [-0.05, 0) is 26.7 Å². The van der Waals surface area contributed by atoms with E-state index in [0.717, 1.165) is 12.8 Å². The topological polar surface area (TPSA) is 29.1 Å². The standard InChI is InChI=1S/C10H19NO/c1-5-10(6-2)7-8(12)11-9(10,3)4/h5-7H2,1-4H3,(H,11,12). The normalized spacial score (nSPS) is 25.5. The molecule has 2 nitrogen and oxygen atoms in total. The van der Waals surface area contributed by atoms with Gasteiger partial charge in [-0.2, -0.15) is 0 Å². The lowest BCUT2D eigenvalue weighted by atomic mass is 9.68. The van der Waals surface area contributed by atoms with E-state index in [2.05, 4.69) is 33.0 Å². The summed E-state index contributed by atoms with van der Waals surface area (Å²) >= 11 is 0. The summed E-state index contributed by atoms with van der Waals surface area (Å²) in [7, 11) is 0. The summed E-state index contributed by atoms with van der Waals surface area (Å²) in [5.74, 6) is 0.212. The van der Waals surface area contributed by atoms with Crippen molar-refractivity contribution in [2.45, 2.75) is 52.5 Å². The van der Waals surface area contributed by atoms with Crippen molar-refractivity contribution in [3.8, 4) is 0 Å². The van der Waals surface area contributed by atoms with Crippen molar-refractivity contribution in [3.63, 3.8) is 0 Å². The van der Waals surface area contributed by atoms with Crippen LogP contribution in [0.15, 0.2) is 0 Å². The summed E-state index contributed by atoms with van der Waals surface area (Å²) in [5.41, 5.74) is 0.164. The number of carbonyl (C=O) groups excluding carboxylic acids is 1. The van der Waals surface area contributed by atoms with Crippen LogP contribution < -0.4 is 5.32 Å². The Morgan fingerprint density at radius 2 is 1.83 bits per heavy atom. The average molecular weight is 169 g/mol. The minimum atomic E-state index is -0.0203. The largest absolute Gasteiger partial charge is 0.351 e. The van der Waals surface area contributed by atoms with Gasteiger partial charge in [0.2, 0.25) is 5.91 Å². The second-order valence-electron chi connectivity index (χ2n) is 4.34. The van der Waals surface area contributed by atoms with E-state index in [1.54, 1.807) is 0 Å². The molecular weight excluding hydrogens is 150 g/mol. The first kappa shape index (κ1) is 9.56. The van der Waals surface area contributed by atoms with Crippen LogP contribution in [0.4, 0.5) is 0 Å². The molecule has 0 aromatic heterocycles. The summed E-state index contributed by atoms with van der Waals surface area (Å²) < 4.78 is 0. The Balaban J connectivity index is 2.94. The van der Waals surface area contributed by atoms with Gasteiger partial charge in [-0.3, -0.25) is 4.79 Å². The van der Waals surface area contributed by atoms with Crippen molar-refractivity contribution in [2.75, 3.05) is 0 Å². The maximum absolute atomic E-state index is 11.3. The van der Waals surface area contributed by atoms with E-state index in [4.69, 9.17) is 0 Å². The second kappa shape index (κ2) is 2.75. The fraction of sp³-hybridized carbons (Fsp3) is 0.900. The van der Waals surface area contributed by atoms with Gasteiger partial charge in [0.1, 0.15) is 0 Å². The van der Waals surface area contributed by atoms with E-state index in [1.807, 2.05) is 0 Å². The lowest BCUT2D eigenvalue weighted by molar-refractivity contribution is -0.120. The molecule has 12 heavy (non-hydrogen) atoms. The van der Waals surface area contributed by atoms with Crippen LogP contribution in [0.5, 0.6) is 0 Å². The van der Waals surface area contributed by atoms with Crippen molar-refractivity contribution in [2.24, 2.45) is 5.41 Å². The third-order valence-corrected chi connectivity index (χ3v) is 3.63. The zero-order valence-electron chi connectivity index (χ0n) is 8.53. The molecule has 1 saturated heterocycles. The van der Waals surface area contributed by atoms with Gasteiger partial charge in [-0.15, -0.1) is 0 Å². The van der Waals surface area contributed by atoms with Crippen LogP contribution in [0.1, 0.15) is 47.0 Å². The highest BCUT2D eigenvalue weighted by Crippen LogP contribution is 2.45. The smallest absolute Gasteiger partial charge is 0.221 e. The second-order valence-corrected chi connectivity index (χ2v) is 4.34.